The first-order valence-corrected chi connectivity index (χ1v) is 8.21. The molecule has 1 aliphatic rings. The average Bonchev–Trinajstić information content (AvgIpc) is 3.35. The highest BCUT2D eigenvalue weighted by Gasteiger charge is 2.23. The van der Waals surface area contributed by atoms with Crippen LogP contribution in [0.15, 0.2) is 60.7 Å². The van der Waals surface area contributed by atoms with E-state index in [1.54, 1.807) is 0 Å². The minimum atomic E-state index is 0.00930. The molecule has 1 saturated carbocycles. The number of aromatic nitrogens is 2. The van der Waals surface area contributed by atoms with Crippen LogP contribution in [-0.2, 0) is 7.05 Å². The zero-order chi connectivity index (χ0) is 16.5. The third kappa shape index (κ3) is 2.95. The number of carbonyl (C=O) groups is 1. The zero-order valence-electron chi connectivity index (χ0n) is 13.6. The summed E-state index contributed by atoms with van der Waals surface area (Å²) in [7, 11) is 1.95. The molecule has 0 atom stereocenters. The first kappa shape index (κ1) is 14.7. The largest absolute Gasteiger partial charge is 0.349 e. The fourth-order valence-electron chi connectivity index (χ4n) is 2.78. The second-order valence-corrected chi connectivity index (χ2v) is 6.23. The highest BCUT2D eigenvalue weighted by atomic mass is 16.1. The van der Waals surface area contributed by atoms with Crippen molar-refractivity contribution in [2.75, 3.05) is 0 Å². The number of rotatable bonds is 4. The van der Waals surface area contributed by atoms with Crippen molar-refractivity contribution < 1.29 is 4.79 Å². The lowest BCUT2D eigenvalue weighted by Crippen LogP contribution is -2.25. The van der Waals surface area contributed by atoms with Gasteiger partial charge in [-0.3, -0.25) is 9.48 Å². The molecule has 1 aromatic heterocycles. The summed E-state index contributed by atoms with van der Waals surface area (Å²) >= 11 is 0. The van der Waals surface area contributed by atoms with Crippen LogP contribution in [-0.4, -0.2) is 21.7 Å². The fraction of sp³-hybridized carbons (Fsp3) is 0.200. The average molecular weight is 317 g/mol. The molecule has 1 fully saturated rings. The van der Waals surface area contributed by atoms with Crippen molar-refractivity contribution in [3.8, 4) is 22.5 Å². The Balaban J connectivity index is 1.59. The lowest BCUT2D eigenvalue weighted by molar-refractivity contribution is 0.0951. The molecule has 4 rings (SSSR count). The van der Waals surface area contributed by atoms with Gasteiger partial charge in [0.05, 0.1) is 11.4 Å². The third-order valence-electron chi connectivity index (χ3n) is 4.30. The third-order valence-corrected chi connectivity index (χ3v) is 4.30. The monoisotopic (exact) mass is 317 g/mol. The summed E-state index contributed by atoms with van der Waals surface area (Å²) in [6.07, 6.45) is 2.19. The molecule has 0 radical (unpaired) electrons. The van der Waals surface area contributed by atoms with Crippen LogP contribution in [0.3, 0.4) is 0 Å². The number of aryl methyl sites for hydroxylation is 1. The van der Waals surface area contributed by atoms with Crippen LogP contribution in [0.25, 0.3) is 22.5 Å². The molecule has 0 saturated heterocycles. The maximum Gasteiger partial charge on any atom is 0.251 e. The van der Waals surface area contributed by atoms with Crippen LogP contribution in [0.5, 0.6) is 0 Å². The van der Waals surface area contributed by atoms with Gasteiger partial charge in [0.25, 0.3) is 5.91 Å². The highest BCUT2D eigenvalue weighted by molar-refractivity contribution is 5.95. The van der Waals surface area contributed by atoms with E-state index in [1.165, 1.54) is 0 Å². The van der Waals surface area contributed by atoms with Gasteiger partial charge < -0.3 is 5.32 Å². The lowest BCUT2D eigenvalue weighted by Gasteiger charge is -2.03. The van der Waals surface area contributed by atoms with Crippen molar-refractivity contribution in [1.82, 2.24) is 15.1 Å². The lowest BCUT2D eigenvalue weighted by atomic mass is 10.1. The van der Waals surface area contributed by atoms with Crippen molar-refractivity contribution in [3.05, 3.63) is 66.2 Å². The molecule has 0 unspecified atom stereocenters. The van der Waals surface area contributed by atoms with E-state index in [-0.39, 0.29) is 5.91 Å². The molecule has 4 nitrogen and oxygen atoms in total. The highest BCUT2D eigenvalue weighted by Crippen LogP contribution is 2.26. The van der Waals surface area contributed by atoms with Crippen molar-refractivity contribution >= 4 is 5.91 Å². The van der Waals surface area contributed by atoms with E-state index < -0.39 is 0 Å². The van der Waals surface area contributed by atoms with E-state index in [0.717, 1.165) is 35.4 Å². The summed E-state index contributed by atoms with van der Waals surface area (Å²) in [5.74, 6) is 0.00930. The van der Waals surface area contributed by atoms with E-state index in [0.29, 0.717) is 11.6 Å². The topological polar surface area (TPSA) is 46.9 Å². The van der Waals surface area contributed by atoms with Gasteiger partial charge in [-0.2, -0.15) is 5.10 Å². The van der Waals surface area contributed by atoms with Crippen LogP contribution < -0.4 is 5.32 Å². The Hall–Kier alpha value is -2.88. The summed E-state index contributed by atoms with van der Waals surface area (Å²) in [4.78, 5) is 12.1. The van der Waals surface area contributed by atoms with Crippen molar-refractivity contribution in [1.29, 1.82) is 0 Å². The molecule has 0 bridgehead atoms. The summed E-state index contributed by atoms with van der Waals surface area (Å²) in [6, 6.07) is 20.3. The van der Waals surface area contributed by atoms with E-state index in [9.17, 15) is 4.79 Å². The number of nitrogens with zero attached hydrogens (tertiary/aromatic N) is 2. The second kappa shape index (κ2) is 5.96. The molecule has 1 amide bonds. The van der Waals surface area contributed by atoms with E-state index in [4.69, 9.17) is 0 Å². The van der Waals surface area contributed by atoms with Crippen LogP contribution >= 0.6 is 0 Å². The molecular formula is C20H19N3O. The summed E-state index contributed by atoms with van der Waals surface area (Å²) < 4.78 is 1.89. The molecule has 4 heteroatoms. The molecule has 1 aliphatic carbocycles. The maximum atomic E-state index is 12.1. The van der Waals surface area contributed by atoms with Crippen molar-refractivity contribution in [3.63, 3.8) is 0 Å². The number of nitrogens with one attached hydrogen (secondary N) is 1. The molecule has 0 aliphatic heterocycles. The van der Waals surface area contributed by atoms with Gasteiger partial charge in [-0.25, -0.2) is 0 Å². The number of amides is 1. The standard InChI is InChI=1S/C20H19N3O/c1-23-19(15-5-3-2-4-6-15)13-18(22-23)14-7-9-16(10-8-14)20(24)21-17-11-12-17/h2-10,13,17H,11-12H2,1H3,(H,21,24). The van der Waals surface area contributed by atoms with Gasteiger partial charge in [-0.15, -0.1) is 0 Å². The Labute approximate surface area is 141 Å². The summed E-state index contributed by atoms with van der Waals surface area (Å²) in [5.41, 5.74) is 4.83. The Morgan fingerprint density at radius 2 is 1.75 bits per heavy atom. The van der Waals surface area contributed by atoms with Gasteiger partial charge in [-0.1, -0.05) is 42.5 Å². The number of hydrogen-bond acceptors (Lipinski definition) is 2. The maximum absolute atomic E-state index is 12.1. The molecule has 1 heterocycles. The second-order valence-electron chi connectivity index (χ2n) is 6.23. The van der Waals surface area contributed by atoms with Gasteiger partial charge in [-0.05, 0) is 36.6 Å². The smallest absolute Gasteiger partial charge is 0.251 e. The molecule has 2 aromatic carbocycles. The van der Waals surface area contributed by atoms with Gasteiger partial charge >= 0.3 is 0 Å². The van der Waals surface area contributed by atoms with Crippen LogP contribution in [0.1, 0.15) is 23.2 Å². The van der Waals surface area contributed by atoms with Gasteiger partial charge in [0, 0.05) is 24.2 Å². The minimum absolute atomic E-state index is 0.00930. The minimum Gasteiger partial charge on any atom is -0.349 e. The predicted octanol–water partition coefficient (Wildman–Crippen LogP) is 3.65. The quantitative estimate of drug-likeness (QED) is 0.798. The molecule has 24 heavy (non-hydrogen) atoms. The van der Waals surface area contributed by atoms with Gasteiger partial charge in [0.2, 0.25) is 0 Å². The van der Waals surface area contributed by atoms with Gasteiger partial charge in [0.1, 0.15) is 0 Å². The first-order chi connectivity index (χ1) is 11.7. The van der Waals surface area contributed by atoms with E-state index in [2.05, 4.69) is 28.6 Å². The molecule has 120 valence electrons. The fourth-order valence-corrected chi connectivity index (χ4v) is 2.78. The predicted molar refractivity (Wildman–Crippen MR) is 94.6 cm³/mol. The number of carbonyl (C=O) groups excluding carboxylic acids is 1. The molecule has 0 spiro atoms. The number of hydrogen-bond donors (Lipinski definition) is 1. The van der Waals surface area contributed by atoms with Crippen molar-refractivity contribution in [2.45, 2.75) is 18.9 Å². The van der Waals surface area contributed by atoms with E-state index in [1.807, 2.05) is 54.2 Å². The SMILES string of the molecule is Cn1nc(-c2ccc(C(=O)NC3CC3)cc2)cc1-c1ccccc1. The summed E-state index contributed by atoms with van der Waals surface area (Å²) in [5, 5.41) is 7.61. The zero-order valence-corrected chi connectivity index (χ0v) is 13.6. The molecule has 1 N–H and O–H groups in total. The van der Waals surface area contributed by atoms with Crippen molar-refractivity contribution in [2.24, 2.45) is 7.05 Å². The molecule has 3 aromatic rings. The normalized spacial score (nSPS) is 13.7. The number of benzene rings is 2. The summed E-state index contributed by atoms with van der Waals surface area (Å²) in [6.45, 7) is 0. The van der Waals surface area contributed by atoms with Crippen LogP contribution in [0, 0.1) is 0 Å². The Bertz CT molecular complexity index is 862. The Morgan fingerprint density at radius 1 is 1.04 bits per heavy atom. The molecular weight excluding hydrogens is 298 g/mol. The van der Waals surface area contributed by atoms with E-state index >= 15 is 0 Å². The van der Waals surface area contributed by atoms with Crippen LogP contribution in [0.4, 0.5) is 0 Å². The Kier molecular flexibility index (Phi) is 3.65. The first-order valence-electron chi connectivity index (χ1n) is 8.21. The Morgan fingerprint density at radius 3 is 2.42 bits per heavy atom. The van der Waals surface area contributed by atoms with Gasteiger partial charge in [0.15, 0.2) is 0 Å². The van der Waals surface area contributed by atoms with Crippen LogP contribution in [0.2, 0.25) is 0 Å².